The van der Waals surface area contributed by atoms with E-state index in [-0.39, 0.29) is 17.9 Å². The minimum absolute atomic E-state index is 0.0304. The van der Waals surface area contributed by atoms with Crippen LogP contribution in [-0.2, 0) is 0 Å². The fraction of sp³-hybridized carbons (Fsp3) is 0.450. The summed E-state index contributed by atoms with van der Waals surface area (Å²) in [5.41, 5.74) is 1.08. The molecule has 158 valence electrons. The van der Waals surface area contributed by atoms with Gasteiger partial charge < -0.3 is 18.9 Å². The van der Waals surface area contributed by atoms with Crippen molar-refractivity contribution in [3.8, 4) is 23.1 Å². The number of rotatable bonds is 6. The van der Waals surface area contributed by atoms with Gasteiger partial charge in [-0.05, 0) is 24.6 Å². The molecule has 1 aromatic carbocycles. The van der Waals surface area contributed by atoms with Crippen LogP contribution < -0.4 is 9.47 Å². The Morgan fingerprint density at radius 3 is 2.73 bits per heavy atom. The second-order valence-electron chi connectivity index (χ2n) is 7.46. The molecule has 3 aromatic rings. The van der Waals surface area contributed by atoms with Gasteiger partial charge in [-0.15, -0.1) is 5.10 Å². The Hall–Kier alpha value is -3.43. The SMILES string of the molecule is COc1ccc(C(=O)N2CC[C@H](n3cc(-c4nc(C(C)C)no4)nn3)C2)cc1OC. The quantitative estimate of drug-likeness (QED) is 0.608. The number of carbonyl (C=O) groups excluding carboxylic acids is 1. The van der Waals surface area contributed by atoms with Gasteiger partial charge in [-0.2, -0.15) is 4.98 Å². The summed E-state index contributed by atoms with van der Waals surface area (Å²) in [6.07, 6.45) is 2.57. The van der Waals surface area contributed by atoms with Gasteiger partial charge in [0.15, 0.2) is 23.0 Å². The predicted octanol–water partition coefficient (Wildman–Crippen LogP) is 2.56. The molecule has 0 spiro atoms. The first kappa shape index (κ1) is 19.9. The Balaban J connectivity index is 1.45. The number of likely N-dealkylation sites (tertiary alicyclic amines) is 1. The van der Waals surface area contributed by atoms with Crippen LogP contribution in [0.1, 0.15) is 48.4 Å². The van der Waals surface area contributed by atoms with Crippen LogP contribution in [0.2, 0.25) is 0 Å². The number of hydrogen-bond acceptors (Lipinski definition) is 8. The number of amides is 1. The third kappa shape index (κ3) is 3.72. The van der Waals surface area contributed by atoms with E-state index >= 15 is 0 Å². The number of ether oxygens (including phenoxy) is 2. The van der Waals surface area contributed by atoms with E-state index in [0.29, 0.717) is 47.6 Å². The summed E-state index contributed by atoms with van der Waals surface area (Å²) in [5.74, 6) is 2.21. The molecule has 0 bridgehead atoms. The van der Waals surface area contributed by atoms with Crippen LogP contribution in [0.4, 0.5) is 0 Å². The van der Waals surface area contributed by atoms with Gasteiger partial charge in [0.25, 0.3) is 11.8 Å². The van der Waals surface area contributed by atoms with Gasteiger partial charge in [0.05, 0.1) is 26.5 Å². The molecule has 1 aliphatic rings. The van der Waals surface area contributed by atoms with Crippen LogP contribution >= 0.6 is 0 Å². The zero-order valence-electron chi connectivity index (χ0n) is 17.4. The lowest BCUT2D eigenvalue weighted by Crippen LogP contribution is -2.29. The summed E-state index contributed by atoms with van der Waals surface area (Å²) in [5, 5.41) is 12.3. The molecule has 1 fully saturated rings. The molecule has 0 unspecified atom stereocenters. The van der Waals surface area contributed by atoms with Crippen molar-refractivity contribution in [1.29, 1.82) is 0 Å². The van der Waals surface area contributed by atoms with Gasteiger partial charge in [0.1, 0.15) is 0 Å². The van der Waals surface area contributed by atoms with Gasteiger partial charge >= 0.3 is 0 Å². The van der Waals surface area contributed by atoms with Gasteiger partial charge in [-0.3, -0.25) is 4.79 Å². The molecule has 0 radical (unpaired) electrons. The van der Waals surface area contributed by atoms with Crippen LogP contribution in [0.5, 0.6) is 11.5 Å². The molecular weight excluding hydrogens is 388 g/mol. The van der Waals surface area contributed by atoms with Crippen LogP contribution in [0.15, 0.2) is 28.9 Å². The molecule has 1 amide bonds. The van der Waals surface area contributed by atoms with Crippen molar-refractivity contribution in [3.05, 3.63) is 35.8 Å². The van der Waals surface area contributed by atoms with Gasteiger partial charge in [0.2, 0.25) is 0 Å². The first-order valence-corrected chi connectivity index (χ1v) is 9.77. The summed E-state index contributed by atoms with van der Waals surface area (Å²) in [6.45, 7) is 5.16. The Labute approximate surface area is 173 Å². The minimum atomic E-state index is -0.0581. The molecular formula is C20H24N6O4. The second kappa shape index (κ2) is 8.13. The standard InChI is InChI=1S/C20H24N6O4/c1-12(2)18-21-19(30-23-18)15-11-26(24-22-15)14-7-8-25(10-14)20(27)13-5-6-16(28-3)17(9-13)29-4/h5-6,9,11-12,14H,7-8,10H2,1-4H3/t14-/m0/s1. The van der Waals surface area contributed by atoms with Crippen molar-refractivity contribution in [3.63, 3.8) is 0 Å². The number of methoxy groups -OCH3 is 2. The van der Waals surface area contributed by atoms with E-state index in [1.54, 1.807) is 48.2 Å². The van der Waals surface area contributed by atoms with E-state index in [2.05, 4.69) is 20.5 Å². The Morgan fingerprint density at radius 2 is 2.03 bits per heavy atom. The lowest BCUT2D eigenvalue weighted by atomic mass is 10.1. The lowest BCUT2D eigenvalue weighted by Gasteiger charge is -2.17. The number of nitrogens with zero attached hydrogens (tertiary/aromatic N) is 6. The maximum atomic E-state index is 12.9. The predicted molar refractivity (Wildman–Crippen MR) is 107 cm³/mol. The highest BCUT2D eigenvalue weighted by Gasteiger charge is 2.30. The smallest absolute Gasteiger partial charge is 0.280 e. The molecule has 10 heteroatoms. The summed E-state index contributed by atoms with van der Waals surface area (Å²) in [6, 6.07) is 5.21. The maximum Gasteiger partial charge on any atom is 0.280 e. The molecule has 1 atom stereocenters. The molecule has 0 aliphatic carbocycles. The first-order valence-electron chi connectivity index (χ1n) is 9.77. The number of aromatic nitrogens is 5. The zero-order valence-corrected chi connectivity index (χ0v) is 17.4. The van der Waals surface area contributed by atoms with Crippen molar-refractivity contribution < 1.29 is 18.8 Å². The van der Waals surface area contributed by atoms with E-state index in [0.717, 1.165) is 6.42 Å². The lowest BCUT2D eigenvalue weighted by molar-refractivity contribution is 0.0786. The van der Waals surface area contributed by atoms with Gasteiger partial charge in [0, 0.05) is 24.6 Å². The molecule has 0 saturated carbocycles. The Bertz CT molecular complexity index is 1040. The summed E-state index contributed by atoms with van der Waals surface area (Å²) >= 11 is 0. The number of hydrogen-bond donors (Lipinski definition) is 0. The molecule has 1 saturated heterocycles. The zero-order chi connectivity index (χ0) is 21.3. The molecule has 1 aliphatic heterocycles. The molecule has 4 rings (SSSR count). The normalized spacial score (nSPS) is 16.3. The fourth-order valence-corrected chi connectivity index (χ4v) is 3.42. The van der Waals surface area contributed by atoms with Crippen LogP contribution in [-0.4, -0.2) is 63.3 Å². The average molecular weight is 412 g/mol. The van der Waals surface area contributed by atoms with Crippen molar-refractivity contribution in [1.82, 2.24) is 30.0 Å². The fourth-order valence-electron chi connectivity index (χ4n) is 3.42. The van der Waals surface area contributed by atoms with E-state index in [4.69, 9.17) is 14.0 Å². The van der Waals surface area contributed by atoms with Crippen molar-refractivity contribution >= 4 is 5.91 Å². The van der Waals surface area contributed by atoms with Crippen molar-refractivity contribution in [2.24, 2.45) is 0 Å². The van der Waals surface area contributed by atoms with Crippen LogP contribution in [0.25, 0.3) is 11.6 Å². The molecule has 0 N–H and O–H groups in total. The van der Waals surface area contributed by atoms with Gasteiger partial charge in [-0.25, -0.2) is 4.68 Å². The van der Waals surface area contributed by atoms with Crippen LogP contribution in [0.3, 0.4) is 0 Å². The van der Waals surface area contributed by atoms with Crippen molar-refractivity contribution in [2.45, 2.75) is 32.2 Å². The first-order chi connectivity index (χ1) is 14.5. The average Bonchev–Trinajstić information content (AvgIpc) is 3.51. The van der Waals surface area contributed by atoms with Gasteiger partial charge in [-0.1, -0.05) is 24.2 Å². The van der Waals surface area contributed by atoms with E-state index in [1.807, 2.05) is 13.8 Å². The highest BCUT2D eigenvalue weighted by atomic mass is 16.5. The number of benzene rings is 1. The Morgan fingerprint density at radius 1 is 1.23 bits per heavy atom. The summed E-state index contributed by atoms with van der Waals surface area (Å²) in [4.78, 5) is 19.1. The summed E-state index contributed by atoms with van der Waals surface area (Å²) in [7, 11) is 3.11. The molecule has 10 nitrogen and oxygen atoms in total. The largest absolute Gasteiger partial charge is 0.493 e. The van der Waals surface area contributed by atoms with E-state index in [9.17, 15) is 4.79 Å². The maximum absolute atomic E-state index is 12.9. The minimum Gasteiger partial charge on any atom is -0.493 e. The highest BCUT2D eigenvalue weighted by molar-refractivity contribution is 5.95. The molecule has 30 heavy (non-hydrogen) atoms. The molecule has 3 heterocycles. The Kier molecular flexibility index (Phi) is 5.39. The monoisotopic (exact) mass is 412 g/mol. The summed E-state index contributed by atoms with van der Waals surface area (Å²) < 4.78 is 17.6. The third-order valence-electron chi connectivity index (χ3n) is 5.14. The second-order valence-corrected chi connectivity index (χ2v) is 7.46. The topological polar surface area (TPSA) is 108 Å². The van der Waals surface area contributed by atoms with Crippen molar-refractivity contribution in [2.75, 3.05) is 27.3 Å². The molecule has 2 aromatic heterocycles. The van der Waals surface area contributed by atoms with E-state index in [1.165, 1.54) is 0 Å². The third-order valence-corrected chi connectivity index (χ3v) is 5.14. The number of carbonyl (C=O) groups is 1. The van der Waals surface area contributed by atoms with Crippen LogP contribution in [0, 0.1) is 0 Å². The highest BCUT2D eigenvalue weighted by Crippen LogP contribution is 2.30. The van der Waals surface area contributed by atoms with E-state index < -0.39 is 0 Å².